The molecule has 1 amide bonds. The number of carbonyl (C=O) groups excluding carboxylic acids is 1. The second-order valence-electron chi connectivity index (χ2n) is 15.8. The molecule has 0 radical (unpaired) electrons. The Kier molecular flexibility index (Phi) is 9.76. The molecule has 4 fully saturated rings. The Balaban J connectivity index is 0.847. The van der Waals surface area contributed by atoms with Crippen LogP contribution in [0.4, 0.5) is 10.1 Å². The first-order valence-corrected chi connectivity index (χ1v) is 19.6. The number of hydrazine groups is 1. The molecule has 1 saturated carbocycles. The molecule has 55 heavy (non-hydrogen) atoms. The van der Waals surface area contributed by atoms with E-state index in [1.54, 1.807) is 0 Å². The fraction of sp³-hybridized carbons (Fsp3) is 0.476. The SMILES string of the molecule is Cc1cc2c(C#N)ccc(COc3cccc(C4CCN(Cc5nc6cc(NC(=O)C7CC(F)C8NNC(C)C8C7)ccc6n5C[C@@H]5CCO5)CC4)n3)c2o1. The number of rotatable bonds is 10. The van der Waals surface area contributed by atoms with Gasteiger partial charge in [-0.15, -0.1) is 0 Å². The van der Waals surface area contributed by atoms with Gasteiger partial charge < -0.3 is 23.8 Å². The topological polar surface area (TPSA) is 142 Å². The maximum atomic E-state index is 15.0. The normalized spacial score (nSPS) is 25.8. The fourth-order valence-corrected chi connectivity index (χ4v) is 8.97. The van der Waals surface area contributed by atoms with E-state index in [9.17, 15) is 14.4 Å². The number of nitrogens with one attached hydrogen (secondary N) is 3. The Hall–Kier alpha value is -4.87. The number of fused-ring (bicyclic) bond motifs is 3. The van der Waals surface area contributed by atoms with Crippen molar-refractivity contribution in [2.75, 3.05) is 25.0 Å². The Labute approximate surface area is 319 Å². The van der Waals surface area contributed by atoms with Crippen LogP contribution in [0.1, 0.15) is 73.4 Å². The van der Waals surface area contributed by atoms with Crippen molar-refractivity contribution >= 4 is 33.6 Å². The first-order chi connectivity index (χ1) is 26.8. The molecule has 3 aliphatic heterocycles. The monoisotopic (exact) mass is 746 g/mol. The Bertz CT molecular complexity index is 2250. The van der Waals surface area contributed by atoms with Crippen molar-refractivity contribution in [1.29, 1.82) is 5.26 Å². The minimum Gasteiger partial charge on any atom is -0.473 e. The highest BCUT2D eigenvalue weighted by atomic mass is 19.1. The molecule has 9 rings (SSSR count). The number of carbonyl (C=O) groups is 1. The number of amides is 1. The van der Waals surface area contributed by atoms with Gasteiger partial charge in [-0.3, -0.25) is 20.5 Å². The predicted octanol–water partition coefficient (Wildman–Crippen LogP) is 6.27. The second-order valence-corrected chi connectivity index (χ2v) is 15.8. The molecule has 286 valence electrons. The Morgan fingerprint density at radius 2 is 1.95 bits per heavy atom. The standard InChI is InChI=1S/C42H47FN8O4/c1-24-16-33-27(20-44)6-7-28(41(33)55-24)23-54-39-5-3-4-35(47-39)26-10-13-50(14-11-26)22-38-46-36-19-30(8-9-37(36)51(38)21-31-12-15-53-31)45-42(52)29-17-32-25(2)48-49-40(32)34(43)18-29/h3-9,16,19,25-26,29,31-32,34,40,48-49H,10-15,17-18,21-23H2,1-2H3,(H,45,52)/t25?,29?,31-,32?,34?,40?/m0/s1. The lowest BCUT2D eigenvalue weighted by molar-refractivity contribution is -0.122. The summed E-state index contributed by atoms with van der Waals surface area (Å²) in [6.45, 7) is 8.26. The highest BCUT2D eigenvalue weighted by molar-refractivity contribution is 5.94. The maximum Gasteiger partial charge on any atom is 0.227 e. The van der Waals surface area contributed by atoms with Gasteiger partial charge in [0.25, 0.3) is 0 Å². The lowest BCUT2D eigenvalue weighted by atomic mass is 9.75. The van der Waals surface area contributed by atoms with Gasteiger partial charge in [-0.2, -0.15) is 5.26 Å². The van der Waals surface area contributed by atoms with Gasteiger partial charge in [-0.1, -0.05) is 12.1 Å². The zero-order valence-electron chi connectivity index (χ0n) is 31.3. The summed E-state index contributed by atoms with van der Waals surface area (Å²) in [5.41, 5.74) is 11.9. The zero-order chi connectivity index (χ0) is 37.6. The van der Waals surface area contributed by atoms with E-state index in [1.807, 2.05) is 62.4 Å². The molecular weight excluding hydrogens is 700 g/mol. The maximum absolute atomic E-state index is 15.0. The second kappa shape index (κ2) is 15.0. The van der Waals surface area contributed by atoms with E-state index in [0.717, 1.165) is 84.8 Å². The van der Waals surface area contributed by atoms with E-state index in [1.165, 1.54) is 0 Å². The molecule has 5 unspecified atom stereocenters. The van der Waals surface area contributed by atoms with Crippen molar-refractivity contribution in [1.82, 2.24) is 30.3 Å². The number of ether oxygens (including phenoxy) is 2. The number of benzene rings is 2. The number of nitriles is 1. The van der Waals surface area contributed by atoms with Crippen molar-refractivity contribution in [3.05, 3.63) is 83.0 Å². The molecule has 1 aliphatic carbocycles. The Morgan fingerprint density at radius 1 is 1.09 bits per heavy atom. The largest absolute Gasteiger partial charge is 0.473 e. The van der Waals surface area contributed by atoms with E-state index >= 15 is 0 Å². The quantitative estimate of drug-likeness (QED) is 0.150. The molecule has 4 aliphatic rings. The summed E-state index contributed by atoms with van der Waals surface area (Å²) in [5.74, 6) is 2.20. The molecule has 0 spiro atoms. The zero-order valence-corrected chi connectivity index (χ0v) is 31.3. The van der Waals surface area contributed by atoms with Gasteiger partial charge in [0.2, 0.25) is 11.8 Å². The first-order valence-electron chi connectivity index (χ1n) is 19.6. The number of hydrogen-bond donors (Lipinski definition) is 3. The third-order valence-electron chi connectivity index (χ3n) is 12.2. The lowest BCUT2D eigenvalue weighted by Crippen LogP contribution is -2.46. The Morgan fingerprint density at radius 3 is 2.75 bits per heavy atom. The van der Waals surface area contributed by atoms with E-state index in [2.05, 4.69) is 37.8 Å². The third kappa shape index (κ3) is 7.20. The van der Waals surface area contributed by atoms with Gasteiger partial charge in [0.15, 0.2) is 0 Å². The van der Waals surface area contributed by atoms with Gasteiger partial charge >= 0.3 is 0 Å². The average molecular weight is 747 g/mol. The average Bonchev–Trinajstić information content (AvgIpc) is 3.86. The van der Waals surface area contributed by atoms with Crippen molar-refractivity contribution in [2.24, 2.45) is 11.8 Å². The third-order valence-corrected chi connectivity index (χ3v) is 12.2. The lowest BCUT2D eigenvalue weighted by Gasteiger charge is -2.34. The van der Waals surface area contributed by atoms with E-state index in [-0.39, 0.29) is 42.4 Å². The van der Waals surface area contributed by atoms with Crippen LogP contribution in [0.15, 0.2) is 59.0 Å². The number of anilines is 1. The van der Waals surface area contributed by atoms with Crippen molar-refractivity contribution in [2.45, 2.75) is 95.9 Å². The molecule has 3 N–H and O–H groups in total. The number of likely N-dealkylation sites (tertiary alicyclic amines) is 1. The van der Waals surface area contributed by atoms with Crippen LogP contribution in [-0.2, 0) is 29.2 Å². The minimum absolute atomic E-state index is 0.0829. The van der Waals surface area contributed by atoms with Crippen LogP contribution >= 0.6 is 0 Å². The highest BCUT2D eigenvalue weighted by Crippen LogP contribution is 2.37. The van der Waals surface area contributed by atoms with Gasteiger partial charge in [0.05, 0.1) is 47.9 Å². The first kappa shape index (κ1) is 35.8. The summed E-state index contributed by atoms with van der Waals surface area (Å²) in [6.07, 6.45) is 2.93. The number of nitrogens with zero attached hydrogens (tertiary/aromatic N) is 5. The molecule has 6 heterocycles. The predicted molar refractivity (Wildman–Crippen MR) is 205 cm³/mol. The van der Waals surface area contributed by atoms with E-state index in [0.29, 0.717) is 48.2 Å². The number of alkyl halides is 1. The van der Waals surface area contributed by atoms with Crippen molar-refractivity contribution in [3.8, 4) is 11.9 Å². The van der Waals surface area contributed by atoms with Crippen molar-refractivity contribution in [3.63, 3.8) is 0 Å². The number of hydrogen-bond acceptors (Lipinski definition) is 10. The number of aryl methyl sites for hydroxylation is 1. The number of imidazole rings is 1. The van der Waals surface area contributed by atoms with Crippen LogP contribution in [-0.4, -0.2) is 69.4 Å². The van der Waals surface area contributed by atoms with Crippen LogP contribution < -0.4 is 20.9 Å². The van der Waals surface area contributed by atoms with Crippen LogP contribution in [0.5, 0.6) is 5.88 Å². The summed E-state index contributed by atoms with van der Waals surface area (Å²) in [4.78, 5) is 25.9. The highest BCUT2D eigenvalue weighted by Gasteiger charge is 2.46. The summed E-state index contributed by atoms with van der Waals surface area (Å²) < 4.78 is 35.2. The van der Waals surface area contributed by atoms with Crippen LogP contribution in [0.2, 0.25) is 0 Å². The summed E-state index contributed by atoms with van der Waals surface area (Å²) in [5, 5.41) is 13.4. The number of halogens is 1. The fourth-order valence-electron chi connectivity index (χ4n) is 8.97. The summed E-state index contributed by atoms with van der Waals surface area (Å²) in [6, 6.07) is 19.6. The van der Waals surface area contributed by atoms with Gasteiger partial charge in [-0.05, 0) is 101 Å². The van der Waals surface area contributed by atoms with Crippen molar-refractivity contribution < 1.29 is 23.1 Å². The van der Waals surface area contributed by atoms with E-state index in [4.69, 9.17) is 23.9 Å². The van der Waals surface area contributed by atoms with Gasteiger partial charge in [0.1, 0.15) is 29.9 Å². The summed E-state index contributed by atoms with van der Waals surface area (Å²) in [7, 11) is 0. The molecule has 12 nitrogen and oxygen atoms in total. The smallest absolute Gasteiger partial charge is 0.227 e. The molecule has 3 saturated heterocycles. The van der Waals surface area contributed by atoms with E-state index < -0.39 is 6.17 Å². The molecule has 3 aromatic heterocycles. The van der Waals surface area contributed by atoms with Crippen LogP contribution in [0, 0.1) is 30.1 Å². The minimum atomic E-state index is -1.06. The van der Waals surface area contributed by atoms with Gasteiger partial charge in [0, 0.05) is 52.9 Å². The summed E-state index contributed by atoms with van der Waals surface area (Å²) >= 11 is 0. The number of pyridine rings is 1. The molecule has 0 bridgehead atoms. The van der Waals surface area contributed by atoms with Crippen LogP contribution in [0.25, 0.3) is 22.0 Å². The molecule has 6 atom stereocenters. The molecule has 13 heteroatoms. The molecule has 5 aromatic rings. The molecular formula is C42H47FN8O4. The number of piperidine rings is 1. The van der Waals surface area contributed by atoms with Gasteiger partial charge in [-0.25, -0.2) is 14.4 Å². The van der Waals surface area contributed by atoms with Crippen LogP contribution in [0.3, 0.4) is 0 Å². The number of aromatic nitrogens is 3. The molecule has 2 aromatic carbocycles. The number of furan rings is 1.